The minimum Gasteiger partial charge on any atom is -0.338 e. The molecule has 0 bridgehead atoms. The van der Waals surface area contributed by atoms with Crippen LogP contribution in [-0.4, -0.2) is 43.4 Å². The number of rotatable bonds is 4. The van der Waals surface area contributed by atoms with Crippen LogP contribution in [0.4, 0.5) is 0 Å². The van der Waals surface area contributed by atoms with Gasteiger partial charge in [-0.3, -0.25) is 9.59 Å². The summed E-state index contributed by atoms with van der Waals surface area (Å²) in [6.45, 7) is 3.77. The first-order chi connectivity index (χ1) is 13.1. The number of nitrogens with one attached hydrogen (secondary N) is 1. The molecule has 1 saturated heterocycles. The fourth-order valence-corrected chi connectivity index (χ4v) is 4.11. The highest BCUT2D eigenvalue weighted by atomic mass is 32.1. The summed E-state index contributed by atoms with van der Waals surface area (Å²) in [5, 5.41) is 2.05. The molecule has 1 aliphatic rings. The van der Waals surface area contributed by atoms with E-state index in [-0.39, 0.29) is 17.0 Å². The molecule has 0 spiro atoms. The van der Waals surface area contributed by atoms with Gasteiger partial charge in [0.15, 0.2) is 0 Å². The number of likely N-dealkylation sites (tertiary alicyclic amines) is 1. The quantitative estimate of drug-likeness (QED) is 0.750. The first kappa shape index (κ1) is 17.7. The molecule has 4 heterocycles. The lowest BCUT2D eigenvalue weighted by atomic mass is 9.95. The van der Waals surface area contributed by atoms with Crippen LogP contribution in [0.5, 0.6) is 0 Å². The largest absolute Gasteiger partial charge is 0.338 e. The summed E-state index contributed by atoms with van der Waals surface area (Å²) >= 11 is 1.59. The van der Waals surface area contributed by atoms with Crippen LogP contribution in [0.2, 0.25) is 0 Å². The highest BCUT2D eigenvalue weighted by Crippen LogP contribution is 2.28. The molecular weight excluding hydrogens is 362 g/mol. The zero-order valence-electron chi connectivity index (χ0n) is 15.1. The van der Waals surface area contributed by atoms with Gasteiger partial charge in [-0.1, -0.05) is 0 Å². The molecule has 1 aliphatic heterocycles. The maximum absolute atomic E-state index is 12.7. The van der Waals surface area contributed by atoms with Gasteiger partial charge < -0.3 is 14.5 Å². The number of H-pyrrole nitrogens is 1. The van der Waals surface area contributed by atoms with Gasteiger partial charge in [-0.05, 0) is 31.9 Å². The van der Waals surface area contributed by atoms with E-state index in [1.807, 2.05) is 23.3 Å². The molecule has 7 nitrogen and oxygen atoms in total. The number of aromatic amines is 1. The van der Waals surface area contributed by atoms with Crippen LogP contribution < -0.4 is 5.56 Å². The lowest BCUT2D eigenvalue weighted by Crippen LogP contribution is -2.40. The number of aromatic nitrogens is 4. The number of piperidine rings is 1. The van der Waals surface area contributed by atoms with Crippen molar-refractivity contribution in [2.24, 2.45) is 0 Å². The number of hydrogen-bond donors (Lipinski definition) is 1. The van der Waals surface area contributed by atoms with Crippen molar-refractivity contribution in [3.63, 3.8) is 0 Å². The number of carbonyl (C=O) groups excluding carboxylic acids is 1. The molecule has 0 saturated carbocycles. The van der Waals surface area contributed by atoms with Crippen molar-refractivity contribution in [3.8, 4) is 0 Å². The number of thiazole rings is 1. The van der Waals surface area contributed by atoms with Gasteiger partial charge in [0.2, 0.25) is 0 Å². The van der Waals surface area contributed by atoms with Gasteiger partial charge in [-0.25, -0.2) is 9.97 Å². The maximum atomic E-state index is 12.7. The minimum absolute atomic E-state index is 0.194. The highest BCUT2D eigenvalue weighted by molar-refractivity contribution is 7.07. The zero-order valence-corrected chi connectivity index (χ0v) is 15.9. The normalized spacial score (nSPS) is 15.2. The Balaban J connectivity index is 1.43. The highest BCUT2D eigenvalue weighted by Gasteiger charge is 2.28. The van der Waals surface area contributed by atoms with E-state index in [2.05, 4.69) is 19.5 Å². The SMILES string of the molecule is Cc1ccc(C(=O)N2CCC(c3nccn3Cc3cscn3)CC2)c(=O)[nH]1. The second kappa shape index (κ2) is 7.48. The van der Waals surface area contributed by atoms with Crippen LogP contribution in [0.25, 0.3) is 0 Å². The zero-order chi connectivity index (χ0) is 18.8. The lowest BCUT2D eigenvalue weighted by molar-refractivity contribution is 0.0708. The molecule has 1 N–H and O–H groups in total. The van der Waals surface area contributed by atoms with E-state index in [9.17, 15) is 9.59 Å². The number of carbonyl (C=O) groups is 1. The van der Waals surface area contributed by atoms with Crippen LogP contribution >= 0.6 is 11.3 Å². The second-order valence-electron chi connectivity index (χ2n) is 6.84. The van der Waals surface area contributed by atoms with Crippen molar-refractivity contribution in [1.82, 2.24) is 24.4 Å². The Labute approximate surface area is 160 Å². The molecule has 1 fully saturated rings. The lowest BCUT2D eigenvalue weighted by Gasteiger charge is -2.31. The molecular formula is C19H21N5O2S. The number of amides is 1. The number of hydrogen-bond acceptors (Lipinski definition) is 5. The van der Waals surface area contributed by atoms with Gasteiger partial charge in [-0.15, -0.1) is 11.3 Å². The van der Waals surface area contributed by atoms with Gasteiger partial charge in [0.25, 0.3) is 11.5 Å². The Morgan fingerprint density at radius 2 is 2.11 bits per heavy atom. The monoisotopic (exact) mass is 383 g/mol. The third-order valence-corrected chi connectivity index (χ3v) is 5.63. The van der Waals surface area contributed by atoms with Crippen LogP contribution in [0.15, 0.2) is 40.2 Å². The van der Waals surface area contributed by atoms with Crippen LogP contribution in [0.3, 0.4) is 0 Å². The third kappa shape index (κ3) is 3.71. The number of nitrogens with zero attached hydrogens (tertiary/aromatic N) is 4. The van der Waals surface area contributed by atoms with Crippen LogP contribution in [-0.2, 0) is 6.54 Å². The molecule has 3 aromatic heterocycles. The molecule has 27 heavy (non-hydrogen) atoms. The summed E-state index contributed by atoms with van der Waals surface area (Å²) in [5.41, 5.74) is 3.51. The van der Waals surface area contributed by atoms with Crippen LogP contribution in [0.1, 0.15) is 46.3 Å². The molecule has 3 aromatic rings. The second-order valence-corrected chi connectivity index (χ2v) is 7.56. The van der Waals surface area contributed by atoms with E-state index in [0.29, 0.717) is 19.0 Å². The van der Waals surface area contributed by atoms with E-state index >= 15 is 0 Å². The summed E-state index contributed by atoms with van der Waals surface area (Å²) < 4.78 is 2.14. The first-order valence-corrected chi connectivity index (χ1v) is 9.93. The minimum atomic E-state index is -0.319. The third-order valence-electron chi connectivity index (χ3n) is 5.00. The number of pyridine rings is 1. The Kier molecular flexibility index (Phi) is 4.89. The summed E-state index contributed by atoms with van der Waals surface area (Å²) in [4.78, 5) is 38.1. The Bertz CT molecular complexity index is 984. The van der Waals surface area contributed by atoms with E-state index in [1.54, 1.807) is 35.3 Å². The van der Waals surface area contributed by atoms with E-state index in [1.165, 1.54) is 0 Å². The molecule has 1 amide bonds. The molecule has 0 atom stereocenters. The first-order valence-electron chi connectivity index (χ1n) is 8.99. The summed E-state index contributed by atoms with van der Waals surface area (Å²) in [6.07, 6.45) is 5.48. The van der Waals surface area contributed by atoms with Gasteiger partial charge in [0.1, 0.15) is 11.4 Å². The average Bonchev–Trinajstić information content (AvgIpc) is 3.34. The Morgan fingerprint density at radius 3 is 2.81 bits per heavy atom. The summed E-state index contributed by atoms with van der Waals surface area (Å²) in [6, 6.07) is 3.37. The predicted molar refractivity (Wildman–Crippen MR) is 103 cm³/mol. The van der Waals surface area contributed by atoms with Gasteiger partial charge in [-0.2, -0.15) is 0 Å². The van der Waals surface area contributed by atoms with Crippen molar-refractivity contribution in [3.05, 3.63) is 68.5 Å². The fraction of sp³-hybridized carbons (Fsp3) is 0.368. The Morgan fingerprint density at radius 1 is 1.30 bits per heavy atom. The van der Waals surface area contributed by atoms with Crippen molar-refractivity contribution in [2.45, 2.75) is 32.2 Å². The predicted octanol–water partition coefficient (Wildman–Crippen LogP) is 2.40. The average molecular weight is 383 g/mol. The molecule has 8 heteroatoms. The van der Waals surface area contributed by atoms with Gasteiger partial charge >= 0.3 is 0 Å². The molecule has 0 aromatic carbocycles. The van der Waals surface area contributed by atoms with Crippen molar-refractivity contribution in [1.29, 1.82) is 0 Å². The number of aryl methyl sites for hydroxylation is 1. The maximum Gasteiger partial charge on any atom is 0.260 e. The molecule has 140 valence electrons. The van der Waals surface area contributed by atoms with Crippen molar-refractivity contribution >= 4 is 17.2 Å². The molecule has 4 rings (SSSR count). The van der Waals surface area contributed by atoms with Gasteiger partial charge in [0, 0.05) is 42.5 Å². The summed E-state index contributed by atoms with van der Waals surface area (Å²) in [7, 11) is 0. The Hall–Kier alpha value is -2.74. The van der Waals surface area contributed by atoms with E-state index in [0.717, 1.165) is 36.6 Å². The van der Waals surface area contributed by atoms with Crippen molar-refractivity contribution in [2.75, 3.05) is 13.1 Å². The molecule has 0 aliphatic carbocycles. The smallest absolute Gasteiger partial charge is 0.260 e. The standard InChI is InChI=1S/C19H21N5O2S/c1-13-2-3-16(18(25)22-13)19(26)23-7-4-14(5-8-23)17-20-6-9-24(17)10-15-11-27-12-21-15/h2-3,6,9,11-12,14H,4-5,7-8,10H2,1H3,(H,22,25). The van der Waals surface area contributed by atoms with E-state index in [4.69, 9.17) is 0 Å². The topological polar surface area (TPSA) is 83.9 Å². The van der Waals surface area contributed by atoms with Crippen LogP contribution in [0, 0.1) is 6.92 Å². The number of imidazole rings is 1. The summed E-state index contributed by atoms with van der Waals surface area (Å²) in [5.74, 6) is 1.16. The van der Waals surface area contributed by atoms with Gasteiger partial charge in [0.05, 0.1) is 17.7 Å². The van der Waals surface area contributed by atoms with Crippen molar-refractivity contribution < 1.29 is 4.79 Å². The molecule has 0 radical (unpaired) electrons. The van der Waals surface area contributed by atoms with E-state index < -0.39 is 0 Å². The molecule has 0 unspecified atom stereocenters. The fourth-order valence-electron chi connectivity index (χ4n) is 3.56.